The van der Waals surface area contributed by atoms with Crippen molar-refractivity contribution in [3.05, 3.63) is 0 Å². The summed E-state index contributed by atoms with van der Waals surface area (Å²) in [6, 6.07) is -0.354. The normalized spacial score (nSPS) is 12.6. The van der Waals surface area contributed by atoms with E-state index < -0.39 is 6.09 Å². The van der Waals surface area contributed by atoms with Gasteiger partial charge in [-0.1, -0.05) is 26.1 Å². The lowest BCUT2D eigenvalue weighted by Gasteiger charge is -2.25. The summed E-state index contributed by atoms with van der Waals surface area (Å²) in [5, 5.41) is 8.72. The fraction of sp³-hybridized carbons (Fsp3) is 0.750. The number of thiocarbonyl (C=S) groups is 1. The zero-order chi connectivity index (χ0) is 10.6. The summed E-state index contributed by atoms with van der Waals surface area (Å²) in [6.45, 7) is 4.00. The van der Waals surface area contributed by atoms with Gasteiger partial charge in [0.05, 0.1) is 11.0 Å². The molecule has 3 N–H and O–H groups in total. The van der Waals surface area contributed by atoms with Gasteiger partial charge in [-0.05, 0) is 12.3 Å². The average molecular weight is 204 g/mol. The van der Waals surface area contributed by atoms with Crippen LogP contribution in [0, 0.1) is 5.92 Å². The van der Waals surface area contributed by atoms with Crippen molar-refractivity contribution in [2.75, 3.05) is 7.05 Å². The fourth-order valence-electron chi connectivity index (χ4n) is 1.04. The summed E-state index contributed by atoms with van der Waals surface area (Å²) in [7, 11) is 1.48. The van der Waals surface area contributed by atoms with Gasteiger partial charge in [-0.25, -0.2) is 4.79 Å². The van der Waals surface area contributed by atoms with E-state index in [4.69, 9.17) is 23.1 Å². The molecule has 0 aliphatic heterocycles. The predicted molar refractivity (Wildman–Crippen MR) is 55.8 cm³/mol. The highest BCUT2D eigenvalue weighted by Gasteiger charge is 2.22. The highest BCUT2D eigenvalue weighted by Crippen LogP contribution is 2.10. The first kappa shape index (κ1) is 12.2. The van der Waals surface area contributed by atoms with Gasteiger partial charge >= 0.3 is 6.09 Å². The maximum Gasteiger partial charge on any atom is 0.407 e. The molecule has 13 heavy (non-hydrogen) atoms. The molecule has 0 fully saturated rings. The lowest BCUT2D eigenvalue weighted by Crippen LogP contribution is -2.44. The minimum atomic E-state index is -1.00. The molecule has 1 atom stereocenters. The number of likely N-dealkylation sites (N-methyl/N-ethyl adjacent to an activating group) is 1. The SMILES string of the molecule is CC(C)CC(C(N)=S)N(C)C(=O)O. The van der Waals surface area contributed by atoms with Crippen LogP contribution in [0.1, 0.15) is 20.3 Å². The van der Waals surface area contributed by atoms with Crippen LogP contribution in [0.15, 0.2) is 0 Å². The molecule has 1 amide bonds. The average Bonchev–Trinajstić information content (AvgIpc) is 1.97. The molecule has 0 aromatic rings. The van der Waals surface area contributed by atoms with E-state index in [1.807, 2.05) is 13.8 Å². The highest BCUT2D eigenvalue weighted by molar-refractivity contribution is 7.80. The van der Waals surface area contributed by atoms with Gasteiger partial charge in [0.15, 0.2) is 0 Å². The zero-order valence-electron chi connectivity index (χ0n) is 8.15. The van der Waals surface area contributed by atoms with Gasteiger partial charge in [0.1, 0.15) is 0 Å². The summed E-state index contributed by atoms with van der Waals surface area (Å²) in [5.74, 6) is 0.369. The van der Waals surface area contributed by atoms with E-state index in [0.29, 0.717) is 12.3 Å². The molecule has 0 bridgehead atoms. The Balaban J connectivity index is 4.42. The molecular weight excluding hydrogens is 188 g/mol. The van der Waals surface area contributed by atoms with E-state index >= 15 is 0 Å². The molecule has 5 heteroatoms. The smallest absolute Gasteiger partial charge is 0.407 e. The third-order valence-corrected chi connectivity index (χ3v) is 2.06. The molecule has 0 saturated carbocycles. The van der Waals surface area contributed by atoms with Crippen LogP contribution < -0.4 is 5.73 Å². The second-order valence-electron chi connectivity index (χ2n) is 3.44. The summed E-state index contributed by atoms with van der Waals surface area (Å²) >= 11 is 4.80. The van der Waals surface area contributed by atoms with Crippen LogP contribution in [0.3, 0.4) is 0 Å². The second kappa shape index (κ2) is 5.01. The molecular formula is C8H16N2O2S. The largest absolute Gasteiger partial charge is 0.465 e. The number of carbonyl (C=O) groups is 1. The third kappa shape index (κ3) is 4.07. The second-order valence-corrected chi connectivity index (χ2v) is 3.91. The maximum atomic E-state index is 10.6. The van der Waals surface area contributed by atoms with Crippen molar-refractivity contribution >= 4 is 23.3 Å². The highest BCUT2D eigenvalue weighted by atomic mass is 32.1. The topological polar surface area (TPSA) is 66.6 Å². The van der Waals surface area contributed by atoms with Crippen molar-refractivity contribution in [2.45, 2.75) is 26.3 Å². The van der Waals surface area contributed by atoms with Crippen LogP contribution in [0.4, 0.5) is 4.79 Å². The van der Waals surface area contributed by atoms with Gasteiger partial charge in [0.2, 0.25) is 0 Å². The minimum absolute atomic E-state index is 0.235. The molecule has 0 aliphatic carbocycles. The lowest BCUT2D eigenvalue weighted by atomic mass is 10.0. The molecule has 76 valence electrons. The van der Waals surface area contributed by atoms with E-state index in [1.54, 1.807) is 0 Å². The van der Waals surface area contributed by atoms with Gasteiger partial charge < -0.3 is 15.7 Å². The van der Waals surface area contributed by atoms with E-state index in [1.165, 1.54) is 7.05 Å². The zero-order valence-corrected chi connectivity index (χ0v) is 8.97. The van der Waals surface area contributed by atoms with Gasteiger partial charge in [-0.15, -0.1) is 0 Å². The molecule has 0 rings (SSSR count). The van der Waals surface area contributed by atoms with Crippen molar-refractivity contribution < 1.29 is 9.90 Å². The number of hydrogen-bond donors (Lipinski definition) is 2. The number of nitrogens with zero attached hydrogens (tertiary/aromatic N) is 1. The fourth-order valence-corrected chi connectivity index (χ4v) is 1.30. The van der Waals surface area contributed by atoms with Gasteiger partial charge in [0.25, 0.3) is 0 Å². The monoisotopic (exact) mass is 204 g/mol. The Morgan fingerprint density at radius 3 is 2.31 bits per heavy atom. The predicted octanol–water partition coefficient (Wildman–Crippen LogP) is 1.30. The third-order valence-electron chi connectivity index (χ3n) is 1.79. The molecule has 0 aromatic carbocycles. The first-order valence-electron chi connectivity index (χ1n) is 4.11. The van der Waals surface area contributed by atoms with Crippen LogP contribution >= 0.6 is 12.2 Å². The van der Waals surface area contributed by atoms with E-state index in [-0.39, 0.29) is 11.0 Å². The first-order valence-corrected chi connectivity index (χ1v) is 4.52. The van der Waals surface area contributed by atoms with Gasteiger partial charge in [-0.3, -0.25) is 0 Å². The number of rotatable bonds is 4. The Labute approximate surface area is 83.7 Å². The number of carboxylic acid groups (broad SMARTS) is 1. The number of hydrogen-bond acceptors (Lipinski definition) is 2. The van der Waals surface area contributed by atoms with Crippen LogP contribution in [0.5, 0.6) is 0 Å². The molecule has 0 aliphatic rings. The van der Waals surface area contributed by atoms with E-state index in [9.17, 15) is 4.79 Å². The van der Waals surface area contributed by atoms with Gasteiger partial charge in [0, 0.05) is 7.05 Å². The molecule has 0 saturated heterocycles. The Kier molecular flexibility index (Phi) is 4.69. The molecule has 0 aromatic heterocycles. The number of nitrogens with two attached hydrogens (primary N) is 1. The summed E-state index contributed by atoms with van der Waals surface area (Å²) in [6.07, 6.45) is -0.337. The molecule has 4 nitrogen and oxygen atoms in total. The van der Waals surface area contributed by atoms with Crippen molar-refractivity contribution in [2.24, 2.45) is 11.7 Å². The maximum absolute atomic E-state index is 10.6. The van der Waals surface area contributed by atoms with Crippen LogP contribution in [-0.4, -0.2) is 34.2 Å². The van der Waals surface area contributed by atoms with E-state index in [2.05, 4.69) is 0 Å². The Morgan fingerprint density at radius 1 is 1.62 bits per heavy atom. The van der Waals surface area contributed by atoms with Gasteiger partial charge in [-0.2, -0.15) is 0 Å². The summed E-state index contributed by atoms with van der Waals surface area (Å²) in [4.78, 5) is 12.0. The Hall–Kier alpha value is -0.840. The Bertz CT molecular complexity index is 206. The van der Waals surface area contributed by atoms with Crippen molar-refractivity contribution in [3.63, 3.8) is 0 Å². The van der Waals surface area contributed by atoms with E-state index in [0.717, 1.165) is 4.90 Å². The van der Waals surface area contributed by atoms with Crippen molar-refractivity contribution in [1.82, 2.24) is 4.90 Å². The minimum Gasteiger partial charge on any atom is -0.465 e. The first-order chi connectivity index (χ1) is 5.86. The molecule has 1 unspecified atom stereocenters. The summed E-state index contributed by atoms with van der Waals surface area (Å²) in [5.41, 5.74) is 5.45. The number of amides is 1. The van der Waals surface area contributed by atoms with Crippen LogP contribution in [-0.2, 0) is 0 Å². The summed E-state index contributed by atoms with van der Waals surface area (Å²) < 4.78 is 0. The molecule has 0 radical (unpaired) electrons. The standard InChI is InChI=1S/C8H16N2O2S/c1-5(2)4-6(7(9)13)10(3)8(11)12/h5-6H,4H2,1-3H3,(H2,9,13)(H,11,12). The Morgan fingerprint density at radius 2 is 2.08 bits per heavy atom. The van der Waals surface area contributed by atoms with Crippen molar-refractivity contribution in [3.8, 4) is 0 Å². The lowest BCUT2D eigenvalue weighted by molar-refractivity contribution is 0.145. The molecule has 0 spiro atoms. The van der Waals surface area contributed by atoms with Crippen molar-refractivity contribution in [1.29, 1.82) is 0 Å². The quantitative estimate of drug-likeness (QED) is 0.677. The van der Waals surface area contributed by atoms with Crippen LogP contribution in [0.2, 0.25) is 0 Å². The van der Waals surface area contributed by atoms with Crippen LogP contribution in [0.25, 0.3) is 0 Å². The molecule has 0 heterocycles.